The summed E-state index contributed by atoms with van der Waals surface area (Å²) in [7, 11) is 0. The molecule has 4 heteroatoms. The summed E-state index contributed by atoms with van der Waals surface area (Å²) in [4.78, 5) is 17.1. The topological polar surface area (TPSA) is 43.8 Å². The van der Waals surface area contributed by atoms with Crippen LogP contribution in [0.4, 0.5) is 5.69 Å². The zero-order valence-corrected chi connectivity index (χ0v) is 17.0. The molecule has 152 valence electrons. The van der Waals surface area contributed by atoms with Crippen molar-refractivity contribution in [2.45, 2.75) is 63.9 Å². The number of anilines is 1. The van der Waals surface area contributed by atoms with Crippen molar-refractivity contribution in [2.75, 3.05) is 31.1 Å². The molecule has 1 aromatic rings. The van der Waals surface area contributed by atoms with Crippen molar-refractivity contribution in [1.29, 1.82) is 0 Å². The van der Waals surface area contributed by atoms with Gasteiger partial charge in [-0.2, -0.15) is 0 Å². The largest absolute Gasteiger partial charge is 0.387 e. The van der Waals surface area contributed by atoms with Gasteiger partial charge < -0.3 is 14.9 Å². The number of likely N-dealkylation sites (tertiary alicyclic amines) is 1. The third kappa shape index (κ3) is 3.73. The fourth-order valence-corrected chi connectivity index (χ4v) is 5.80. The molecule has 2 aliphatic carbocycles. The van der Waals surface area contributed by atoms with Gasteiger partial charge in [-0.3, -0.25) is 4.79 Å². The number of β-amino-alcohol motifs (C(OH)–C–C–N with tert-alkyl or cyclic N) is 1. The van der Waals surface area contributed by atoms with E-state index < -0.39 is 6.10 Å². The van der Waals surface area contributed by atoms with E-state index in [9.17, 15) is 9.90 Å². The van der Waals surface area contributed by atoms with Crippen LogP contribution in [-0.2, 0) is 11.2 Å². The number of nitrogens with zero attached hydrogens (tertiary/aromatic N) is 2. The number of hydrogen-bond donors (Lipinski definition) is 1. The molecule has 0 aromatic heterocycles. The van der Waals surface area contributed by atoms with E-state index in [1.54, 1.807) is 0 Å². The van der Waals surface area contributed by atoms with Gasteiger partial charge in [0.2, 0.25) is 5.91 Å². The average Bonchev–Trinajstić information content (AvgIpc) is 3.57. The van der Waals surface area contributed by atoms with E-state index in [1.165, 1.54) is 37.7 Å². The quantitative estimate of drug-likeness (QED) is 0.858. The molecular weight excluding hydrogens is 348 g/mol. The summed E-state index contributed by atoms with van der Waals surface area (Å²) in [5, 5.41) is 10.9. The van der Waals surface area contributed by atoms with Crippen LogP contribution in [0.15, 0.2) is 18.2 Å². The first-order chi connectivity index (χ1) is 13.7. The highest BCUT2D eigenvalue weighted by molar-refractivity contribution is 5.97. The second kappa shape index (κ2) is 7.79. The molecule has 3 unspecified atom stereocenters. The molecular formula is C24H34N2O2. The van der Waals surface area contributed by atoms with Crippen LogP contribution < -0.4 is 4.90 Å². The lowest BCUT2D eigenvalue weighted by Gasteiger charge is -2.42. The maximum atomic E-state index is 12.6. The summed E-state index contributed by atoms with van der Waals surface area (Å²) < 4.78 is 0. The maximum absolute atomic E-state index is 12.6. The van der Waals surface area contributed by atoms with Crippen molar-refractivity contribution in [1.82, 2.24) is 4.90 Å². The minimum Gasteiger partial charge on any atom is -0.387 e. The predicted octanol–water partition coefficient (Wildman–Crippen LogP) is 3.92. The van der Waals surface area contributed by atoms with Gasteiger partial charge in [0.05, 0.1) is 6.10 Å². The Bertz CT molecular complexity index is 729. The molecule has 0 spiro atoms. The number of carbonyl (C=O) groups excluding carboxylic acids is 1. The highest BCUT2D eigenvalue weighted by Gasteiger charge is 2.36. The van der Waals surface area contributed by atoms with Crippen LogP contribution in [-0.4, -0.2) is 42.1 Å². The normalized spacial score (nSPS) is 29.1. The van der Waals surface area contributed by atoms with E-state index in [2.05, 4.69) is 23.1 Å². The van der Waals surface area contributed by atoms with Crippen molar-refractivity contribution in [3.05, 3.63) is 29.3 Å². The summed E-state index contributed by atoms with van der Waals surface area (Å²) in [5.74, 6) is 2.35. The number of benzene rings is 1. The third-order valence-electron chi connectivity index (χ3n) is 7.61. The van der Waals surface area contributed by atoms with Crippen LogP contribution >= 0.6 is 0 Å². The first-order valence-electron chi connectivity index (χ1n) is 11.5. The van der Waals surface area contributed by atoms with Gasteiger partial charge in [0.25, 0.3) is 0 Å². The summed E-state index contributed by atoms with van der Waals surface area (Å²) in [6.45, 7) is 3.89. The Balaban J connectivity index is 1.25. The molecule has 1 saturated heterocycles. The molecule has 3 fully saturated rings. The van der Waals surface area contributed by atoms with Crippen molar-refractivity contribution >= 4 is 11.6 Å². The molecule has 4 aliphatic rings. The van der Waals surface area contributed by atoms with Gasteiger partial charge in [-0.25, -0.2) is 0 Å². The van der Waals surface area contributed by atoms with E-state index in [0.717, 1.165) is 74.9 Å². The van der Waals surface area contributed by atoms with Gasteiger partial charge in [0, 0.05) is 31.2 Å². The van der Waals surface area contributed by atoms with E-state index in [0.29, 0.717) is 5.91 Å². The second-order valence-corrected chi connectivity index (χ2v) is 9.62. The highest BCUT2D eigenvalue weighted by Crippen LogP contribution is 2.38. The van der Waals surface area contributed by atoms with Gasteiger partial charge in [-0.1, -0.05) is 31.4 Å². The number of carbonyl (C=O) groups is 1. The molecule has 2 saturated carbocycles. The summed E-state index contributed by atoms with van der Waals surface area (Å²) >= 11 is 0. The SMILES string of the molecule is O=C(C1CC1)N1CCCc2cc(C(O)CN3CCC4CCCCC4C3)ccc21. The number of fused-ring (bicyclic) bond motifs is 2. The maximum Gasteiger partial charge on any atom is 0.230 e. The first-order valence-corrected chi connectivity index (χ1v) is 11.5. The summed E-state index contributed by atoms with van der Waals surface area (Å²) in [6, 6.07) is 6.30. The van der Waals surface area contributed by atoms with Crippen molar-refractivity contribution in [3.8, 4) is 0 Å². The standard InChI is InChI=1S/C24H34N2O2/c27-23(16-25-13-11-17-4-1-2-5-21(17)15-25)20-9-10-22-19(14-20)6-3-12-26(22)24(28)18-7-8-18/h9-10,14,17-18,21,23,27H,1-8,11-13,15-16H2. The van der Waals surface area contributed by atoms with E-state index in [-0.39, 0.29) is 5.92 Å². The van der Waals surface area contributed by atoms with Crippen LogP contribution in [0.5, 0.6) is 0 Å². The Morgan fingerprint density at radius 1 is 1.04 bits per heavy atom. The molecule has 5 rings (SSSR count). The minimum absolute atomic E-state index is 0.263. The van der Waals surface area contributed by atoms with Gasteiger partial charge in [0.1, 0.15) is 0 Å². The van der Waals surface area contributed by atoms with E-state index >= 15 is 0 Å². The molecule has 0 radical (unpaired) electrons. The minimum atomic E-state index is -0.431. The first kappa shape index (κ1) is 18.6. The molecule has 1 N–H and O–H groups in total. The fraction of sp³-hybridized carbons (Fsp3) is 0.708. The van der Waals surface area contributed by atoms with Crippen molar-refractivity contribution in [2.24, 2.45) is 17.8 Å². The molecule has 4 nitrogen and oxygen atoms in total. The number of amides is 1. The molecule has 2 heterocycles. The number of aliphatic hydroxyl groups excluding tert-OH is 1. The van der Waals surface area contributed by atoms with Gasteiger partial charge in [-0.15, -0.1) is 0 Å². The Labute approximate surface area is 168 Å². The molecule has 28 heavy (non-hydrogen) atoms. The van der Waals surface area contributed by atoms with Crippen LogP contribution in [0.2, 0.25) is 0 Å². The Hall–Kier alpha value is -1.39. The lowest BCUT2D eigenvalue weighted by molar-refractivity contribution is -0.119. The zero-order chi connectivity index (χ0) is 19.1. The van der Waals surface area contributed by atoms with Crippen LogP contribution in [0.1, 0.15) is 68.6 Å². The van der Waals surface area contributed by atoms with Gasteiger partial charge in [0.15, 0.2) is 0 Å². The number of hydrogen-bond acceptors (Lipinski definition) is 3. The van der Waals surface area contributed by atoms with E-state index in [1.807, 2.05) is 4.90 Å². The molecule has 2 aliphatic heterocycles. The monoisotopic (exact) mass is 382 g/mol. The molecule has 1 aromatic carbocycles. The smallest absolute Gasteiger partial charge is 0.230 e. The average molecular weight is 383 g/mol. The molecule has 3 atom stereocenters. The number of piperidine rings is 1. The second-order valence-electron chi connectivity index (χ2n) is 9.62. The highest BCUT2D eigenvalue weighted by atomic mass is 16.3. The van der Waals surface area contributed by atoms with Gasteiger partial charge in [-0.05, 0) is 74.1 Å². The third-order valence-corrected chi connectivity index (χ3v) is 7.61. The Morgan fingerprint density at radius 3 is 2.68 bits per heavy atom. The predicted molar refractivity (Wildman–Crippen MR) is 111 cm³/mol. The lowest BCUT2D eigenvalue weighted by atomic mass is 9.75. The van der Waals surface area contributed by atoms with E-state index in [4.69, 9.17) is 0 Å². The van der Waals surface area contributed by atoms with Crippen LogP contribution in [0, 0.1) is 17.8 Å². The number of aliphatic hydroxyl groups is 1. The van der Waals surface area contributed by atoms with Crippen LogP contribution in [0.25, 0.3) is 0 Å². The zero-order valence-electron chi connectivity index (χ0n) is 17.0. The summed E-state index contributed by atoms with van der Waals surface area (Å²) in [6.07, 6.45) is 10.6. The van der Waals surface area contributed by atoms with Crippen molar-refractivity contribution in [3.63, 3.8) is 0 Å². The molecule has 1 amide bonds. The lowest BCUT2D eigenvalue weighted by Crippen LogP contribution is -2.43. The van der Waals surface area contributed by atoms with Crippen LogP contribution in [0.3, 0.4) is 0 Å². The van der Waals surface area contributed by atoms with Crippen molar-refractivity contribution < 1.29 is 9.90 Å². The number of aryl methyl sites for hydroxylation is 1. The Kier molecular flexibility index (Phi) is 5.18. The van der Waals surface area contributed by atoms with Gasteiger partial charge >= 0.3 is 0 Å². The molecule has 0 bridgehead atoms. The Morgan fingerprint density at radius 2 is 1.86 bits per heavy atom. The summed E-state index contributed by atoms with van der Waals surface area (Å²) in [5.41, 5.74) is 3.34. The number of rotatable bonds is 4. The fourth-order valence-electron chi connectivity index (χ4n) is 5.80.